The van der Waals surface area contributed by atoms with Gasteiger partial charge in [-0.05, 0) is 61.4 Å². The molecule has 0 aliphatic rings. The van der Waals surface area contributed by atoms with Crippen molar-refractivity contribution in [2.45, 2.75) is 47.0 Å². The highest BCUT2D eigenvalue weighted by atomic mass is 35.5. The monoisotopic (exact) mass is 553 g/mol. The van der Waals surface area contributed by atoms with Gasteiger partial charge in [0.25, 0.3) is 0 Å². The minimum absolute atomic E-state index is 0.127. The van der Waals surface area contributed by atoms with Crippen LogP contribution in [0.3, 0.4) is 0 Å². The van der Waals surface area contributed by atoms with E-state index in [1.807, 2.05) is 52.8 Å². The summed E-state index contributed by atoms with van der Waals surface area (Å²) in [6, 6.07) is 15.0. The van der Waals surface area contributed by atoms with Crippen LogP contribution in [0.5, 0.6) is 0 Å². The molecule has 0 unspecified atom stereocenters. The molecule has 0 aliphatic heterocycles. The summed E-state index contributed by atoms with van der Waals surface area (Å²) >= 11 is 6.06. The largest absolute Gasteiger partial charge is 0.462 e. The average molecular weight is 554 g/mol. The predicted octanol–water partition coefficient (Wildman–Crippen LogP) is 6.13. The van der Waals surface area contributed by atoms with Crippen molar-refractivity contribution in [1.29, 1.82) is 0 Å². The first-order valence-electron chi connectivity index (χ1n) is 12.9. The molecular formula is C29H36ClN5O4. The molecule has 0 atom stereocenters. The quantitative estimate of drug-likeness (QED) is 0.310. The number of nitrogens with zero attached hydrogens (tertiary/aromatic N) is 3. The van der Waals surface area contributed by atoms with Crippen molar-refractivity contribution in [3.8, 4) is 5.69 Å². The minimum atomic E-state index is -0.430. The fourth-order valence-corrected chi connectivity index (χ4v) is 3.86. The van der Waals surface area contributed by atoms with E-state index in [9.17, 15) is 14.4 Å². The molecule has 3 rings (SSSR count). The van der Waals surface area contributed by atoms with Gasteiger partial charge in [0.1, 0.15) is 12.4 Å². The Morgan fingerprint density at radius 1 is 1.03 bits per heavy atom. The molecule has 0 saturated heterocycles. The minimum Gasteiger partial charge on any atom is -0.462 e. The van der Waals surface area contributed by atoms with Crippen LogP contribution >= 0.6 is 11.6 Å². The summed E-state index contributed by atoms with van der Waals surface area (Å²) in [5.74, 6) is -0.173. The normalized spacial score (nSPS) is 11.3. The molecule has 0 saturated carbocycles. The van der Waals surface area contributed by atoms with E-state index < -0.39 is 12.0 Å². The van der Waals surface area contributed by atoms with Gasteiger partial charge in [-0.1, -0.05) is 46.2 Å². The second-order valence-electron chi connectivity index (χ2n) is 10.6. The van der Waals surface area contributed by atoms with Gasteiger partial charge in [-0.15, -0.1) is 0 Å². The van der Waals surface area contributed by atoms with E-state index in [0.29, 0.717) is 28.6 Å². The fraction of sp³-hybridized carbons (Fsp3) is 0.379. The SMILES string of the molecule is CCOC(=O)c1ccc(NC(=O)N(CC(=O)Nc2cc(C(C)(C)C)nn2-c2ccc(Cl)cc2)CC(C)C)cc1. The number of carbonyl (C=O) groups is 3. The summed E-state index contributed by atoms with van der Waals surface area (Å²) in [6.07, 6.45) is 0. The Morgan fingerprint density at radius 2 is 1.67 bits per heavy atom. The number of aromatic nitrogens is 2. The van der Waals surface area contributed by atoms with Crippen LogP contribution in [-0.2, 0) is 14.9 Å². The predicted molar refractivity (Wildman–Crippen MR) is 154 cm³/mol. The molecule has 10 heteroatoms. The molecule has 0 bridgehead atoms. The number of anilines is 2. The molecule has 1 heterocycles. The maximum atomic E-state index is 13.2. The number of rotatable bonds is 9. The first-order chi connectivity index (χ1) is 18.4. The Kier molecular flexibility index (Phi) is 9.75. The molecule has 3 amide bonds. The molecule has 2 aromatic carbocycles. The third-order valence-corrected chi connectivity index (χ3v) is 5.92. The average Bonchev–Trinajstić information content (AvgIpc) is 3.28. The molecule has 208 valence electrons. The molecule has 0 fully saturated rings. The van der Waals surface area contributed by atoms with Crippen LogP contribution in [0.1, 0.15) is 57.6 Å². The molecule has 39 heavy (non-hydrogen) atoms. The molecular weight excluding hydrogens is 518 g/mol. The summed E-state index contributed by atoms with van der Waals surface area (Å²) < 4.78 is 6.65. The van der Waals surface area contributed by atoms with E-state index in [-0.39, 0.29) is 30.4 Å². The van der Waals surface area contributed by atoms with Gasteiger partial charge < -0.3 is 20.3 Å². The van der Waals surface area contributed by atoms with Gasteiger partial charge in [-0.3, -0.25) is 4.79 Å². The molecule has 1 aromatic heterocycles. The molecule has 0 spiro atoms. The molecule has 0 radical (unpaired) electrons. The van der Waals surface area contributed by atoms with Gasteiger partial charge in [-0.2, -0.15) is 5.10 Å². The second kappa shape index (κ2) is 12.8. The van der Waals surface area contributed by atoms with Crippen molar-refractivity contribution in [3.05, 3.63) is 70.9 Å². The number of ether oxygens (including phenoxy) is 1. The standard InChI is InChI=1S/C29H36ClN5O4/c1-7-39-27(37)20-8-12-22(13-9-20)31-28(38)34(17-19(2)3)18-26(36)32-25-16-24(29(4,5)6)33-35(25)23-14-10-21(30)11-15-23/h8-16,19H,7,17-18H2,1-6H3,(H,31,38)(H,32,36). The Morgan fingerprint density at radius 3 is 2.23 bits per heavy atom. The summed E-state index contributed by atoms with van der Waals surface area (Å²) in [6.45, 7) is 12.3. The molecule has 3 aromatic rings. The van der Waals surface area contributed by atoms with E-state index >= 15 is 0 Å². The van der Waals surface area contributed by atoms with Crippen LogP contribution in [-0.4, -0.2) is 52.3 Å². The summed E-state index contributed by atoms with van der Waals surface area (Å²) in [5.41, 5.74) is 2.19. The summed E-state index contributed by atoms with van der Waals surface area (Å²) in [4.78, 5) is 39.7. The molecule has 0 aliphatic carbocycles. The van der Waals surface area contributed by atoms with Crippen LogP contribution in [0.25, 0.3) is 5.69 Å². The summed E-state index contributed by atoms with van der Waals surface area (Å²) in [5, 5.41) is 11.0. The van der Waals surface area contributed by atoms with Crippen LogP contribution in [0, 0.1) is 5.92 Å². The van der Waals surface area contributed by atoms with Crippen molar-refractivity contribution in [2.75, 3.05) is 30.3 Å². The highest BCUT2D eigenvalue weighted by Crippen LogP contribution is 2.27. The lowest BCUT2D eigenvalue weighted by Gasteiger charge is -2.24. The smallest absolute Gasteiger partial charge is 0.338 e. The van der Waals surface area contributed by atoms with Gasteiger partial charge in [0.2, 0.25) is 5.91 Å². The van der Waals surface area contributed by atoms with Gasteiger partial charge >= 0.3 is 12.0 Å². The first kappa shape index (κ1) is 29.7. The Balaban J connectivity index is 1.77. The number of carbonyl (C=O) groups excluding carboxylic acids is 3. The zero-order chi connectivity index (χ0) is 28.7. The lowest BCUT2D eigenvalue weighted by atomic mass is 9.92. The highest BCUT2D eigenvalue weighted by Gasteiger charge is 2.24. The maximum Gasteiger partial charge on any atom is 0.338 e. The highest BCUT2D eigenvalue weighted by molar-refractivity contribution is 6.30. The van der Waals surface area contributed by atoms with E-state index in [4.69, 9.17) is 21.4 Å². The van der Waals surface area contributed by atoms with E-state index in [1.54, 1.807) is 48.0 Å². The number of esters is 1. The van der Waals surface area contributed by atoms with E-state index in [1.165, 1.54) is 4.90 Å². The molecule has 9 nitrogen and oxygen atoms in total. The van der Waals surface area contributed by atoms with Gasteiger partial charge in [0.15, 0.2) is 0 Å². The Bertz CT molecular complexity index is 1290. The third-order valence-electron chi connectivity index (χ3n) is 5.67. The lowest BCUT2D eigenvalue weighted by molar-refractivity contribution is -0.116. The number of hydrogen-bond donors (Lipinski definition) is 2. The lowest BCUT2D eigenvalue weighted by Crippen LogP contribution is -2.42. The zero-order valence-electron chi connectivity index (χ0n) is 23.2. The number of benzene rings is 2. The van der Waals surface area contributed by atoms with Crippen molar-refractivity contribution in [2.24, 2.45) is 5.92 Å². The van der Waals surface area contributed by atoms with Crippen molar-refractivity contribution >= 4 is 41.0 Å². The second-order valence-corrected chi connectivity index (χ2v) is 11.0. The Labute approximate surface area is 234 Å². The number of hydrogen-bond acceptors (Lipinski definition) is 5. The topological polar surface area (TPSA) is 106 Å². The maximum absolute atomic E-state index is 13.2. The molecule has 2 N–H and O–H groups in total. The summed E-state index contributed by atoms with van der Waals surface area (Å²) in [7, 11) is 0. The first-order valence-corrected chi connectivity index (χ1v) is 13.2. The van der Waals surface area contributed by atoms with Crippen LogP contribution in [0.15, 0.2) is 54.6 Å². The Hall–Kier alpha value is -3.85. The van der Waals surface area contributed by atoms with Crippen LogP contribution < -0.4 is 10.6 Å². The fourth-order valence-electron chi connectivity index (χ4n) is 3.74. The number of halogens is 1. The van der Waals surface area contributed by atoms with E-state index in [0.717, 1.165) is 11.4 Å². The van der Waals surface area contributed by atoms with Crippen LogP contribution in [0.4, 0.5) is 16.3 Å². The number of urea groups is 1. The van der Waals surface area contributed by atoms with Crippen molar-refractivity contribution in [1.82, 2.24) is 14.7 Å². The number of amides is 3. The van der Waals surface area contributed by atoms with Crippen molar-refractivity contribution in [3.63, 3.8) is 0 Å². The van der Waals surface area contributed by atoms with Crippen molar-refractivity contribution < 1.29 is 19.1 Å². The van der Waals surface area contributed by atoms with Gasteiger partial charge in [0, 0.05) is 28.7 Å². The third kappa shape index (κ3) is 8.32. The zero-order valence-corrected chi connectivity index (χ0v) is 24.0. The van der Waals surface area contributed by atoms with Crippen LogP contribution in [0.2, 0.25) is 5.02 Å². The van der Waals surface area contributed by atoms with Gasteiger partial charge in [0.05, 0.1) is 23.6 Å². The number of nitrogens with one attached hydrogen (secondary N) is 2. The van der Waals surface area contributed by atoms with E-state index in [2.05, 4.69) is 10.6 Å². The van der Waals surface area contributed by atoms with Gasteiger partial charge in [-0.25, -0.2) is 14.3 Å².